The van der Waals surface area contributed by atoms with Crippen LogP contribution in [0.1, 0.15) is 33.1 Å². The van der Waals surface area contributed by atoms with Crippen molar-refractivity contribution in [2.75, 3.05) is 0 Å². The van der Waals surface area contributed by atoms with Crippen LogP contribution in [-0.4, -0.2) is 17.0 Å². The molecule has 0 rings (SSSR count). The van der Waals surface area contributed by atoms with E-state index in [4.69, 9.17) is 9.90 Å². The van der Waals surface area contributed by atoms with Gasteiger partial charge in [-0.2, -0.15) is 0 Å². The Labute approximate surface area is 90.2 Å². The maximum Gasteiger partial charge on any atom is 0.338 e. The van der Waals surface area contributed by atoms with E-state index in [1.165, 1.54) is 0 Å². The minimum absolute atomic E-state index is 0.367. The molecule has 0 aromatic carbocycles. The highest BCUT2D eigenvalue weighted by molar-refractivity contribution is 5.87. The smallest absolute Gasteiger partial charge is 0.338 e. The molecule has 1 N–H and O–H groups in total. The number of aliphatic carboxylic acids is 1. The van der Waals surface area contributed by atoms with Gasteiger partial charge in [-0.25, -0.2) is 4.79 Å². The van der Waals surface area contributed by atoms with Gasteiger partial charge >= 0.3 is 5.97 Å². The van der Waals surface area contributed by atoms with E-state index in [0.29, 0.717) is 12.0 Å². The van der Waals surface area contributed by atoms with Gasteiger partial charge in [-0.05, 0) is 12.8 Å². The average molecular weight is 214 g/mol. The first kappa shape index (κ1) is 15.9. The molecule has 0 aliphatic carbocycles. The van der Waals surface area contributed by atoms with Gasteiger partial charge in [0.05, 0.1) is 6.26 Å². The standard InChI is InChI=1S/C9H14O2.C2H4O2/c1-4-6-7-8(3)9(10)11-5-2;1-2(3)4/h5H,2-4,6-7H2,1H3;1H3,(H,3,4). The third kappa shape index (κ3) is 15.2. The van der Waals surface area contributed by atoms with Crippen LogP contribution in [0.25, 0.3) is 0 Å². The Kier molecular flexibility index (Phi) is 11.1. The zero-order valence-electron chi connectivity index (χ0n) is 9.28. The van der Waals surface area contributed by atoms with Gasteiger partial charge in [-0.1, -0.05) is 26.5 Å². The topological polar surface area (TPSA) is 63.6 Å². The summed E-state index contributed by atoms with van der Waals surface area (Å²) in [6.45, 7) is 10.0. The van der Waals surface area contributed by atoms with Gasteiger partial charge in [0.15, 0.2) is 0 Å². The second kappa shape index (κ2) is 10.5. The van der Waals surface area contributed by atoms with Crippen molar-refractivity contribution in [3.8, 4) is 0 Å². The minimum Gasteiger partial charge on any atom is -0.481 e. The first-order valence-corrected chi connectivity index (χ1v) is 4.64. The molecule has 0 aliphatic heterocycles. The summed E-state index contributed by atoms with van der Waals surface area (Å²) in [5.74, 6) is -1.20. The van der Waals surface area contributed by atoms with E-state index in [9.17, 15) is 4.79 Å². The fourth-order valence-electron chi connectivity index (χ4n) is 0.651. The molecule has 0 aromatic rings. The fourth-order valence-corrected chi connectivity index (χ4v) is 0.651. The number of hydrogen-bond acceptors (Lipinski definition) is 3. The first-order chi connectivity index (χ1) is 6.95. The molecule has 0 bridgehead atoms. The van der Waals surface area contributed by atoms with Crippen LogP contribution in [0.2, 0.25) is 0 Å². The molecule has 0 aliphatic rings. The van der Waals surface area contributed by atoms with E-state index in [1.54, 1.807) is 0 Å². The van der Waals surface area contributed by atoms with Crippen molar-refractivity contribution in [3.63, 3.8) is 0 Å². The molecule has 4 heteroatoms. The molecule has 0 aromatic heterocycles. The van der Waals surface area contributed by atoms with E-state index >= 15 is 0 Å². The van der Waals surface area contributed by atoms with Crippen molar-refractivity contribution in [1.29, 1.82) is 0 Å². The van der Waals surface area contributed by atoms with Crippen LogP contribution in [0, 0.1) is 0 Å². The van der Waals surface area contributed by atoms with E-state index in [0.717, 1.165) is 26.0 Å². The van der Waals surface area contributed by atoms with Crippen molar-refractivity contribution in [3.05, 3.63) is 25.0 Å². The highest BCUT2D eigenvalue weighted by Gasteiger charge is 2.04. The summed E-state index contributed by atoms with van der Waals surface area (Å²) in [6.07, 6.45) is 3.87. The molecule has 0 radical (unpaired) electrons. The summed E-state index contributed by atoms with van der Waals surface area (Å²) in [7, 11) is 0. The van der Waals surface area contributed by atoms with Gasteiger partial charge in [0.1, 0.15) is 0 Å². The normalized spacial score (nSPS) is 8.13. The van der Waals surface area contributed by atoms with E-state index in [1.807, 2.05) is 0 Å². The van der Waals surface area contributed by atoms with E-state index < -0.39 is 5.97 Å². The molecule has 0 amide bonds. The molecule has 0 saturated heterocycles. The Morgan fingerprint density at radius 2 is 1.93 bits per heavy atom. The number of rotatable bonds is 5. The Morgan fingerprint density at radius 1 is 1.47 bits per heavy atom. The summed E-state index contributed by atoms with van der Waals surface area (Å²) in [6, 6.07) is 0. The van der Waals surface area contributed by atoms with Gasteiger partial charge < -0.3 is 9.84 Å². The number of carboxylic acids is 1. The number of ether oxygens (including phenoxy) is 1. The molecule has 4 nitrogen and oxygen atoms in total. The van der Waals surface area contributed by atoms with Gasteiger partial charge in [-0.3, -0.25) is 4.79 Å². The summed E-state index contributed by atoms with van der Waals surface area (Å²) in [4.78, 5) is 19.9. The number of hydrogen-bond donors (Lipinski definition) is 1. The lowest BCUT2D eigenvalue weighted by Gasteiger charge is -2.00. The predicted molar refractivity (Wildman–Crippen MR) is 58.3 cm³/mol. The summed E-state index contributed by atoms with van der Waals surface area (Å²) >= 11 is 0. The quantitative estimate of drug-likeness (QED) is 0.434. The largest absolute Gasteiger partial charge is 0.481 e. The van der Waals surface area contributed by atoms with Crippen LogP contribution in [-0.2, 0) is 14.3 Å². The van der Waals surface area contributed by atoms with Crippen LogP contribution in [0.4, 0.5) is 0 Å². The van der Waals surface area contributed by atoms with Crippen molar-refractivity contribution in [1.82, 2.24) is 0 Å². The van der Waals surface area contributed by atoms with Crippen molar-refractivity contribution in [2.45, 2.75) is 33.1 Å². The zero-order valence-corrected chi connectivity index (χ0v) is 9.28. The second-order valence-electron chi connectivity index (χ2n) is 2.80. The molecule has 0 heterocycles. The number of unbranched alkanes of at least 4 members (excludes halogenated alkanes) is 1. The van der Waals surface area contributed by atoms with Crippen molar-refractivity contribution >= 4 is 11.9 Å². The zero-order chi connectivity index (χ0) is 12.3. The molecular weight excluding hydrogens is 196 g/mol. The fraction of sp³-hybridized carbons (Fsp3) is 0.455. The summed E-state index contributed by atoms with van der Waals surface area (Å²) in [5, 5.41) is 7.42. The Bertz CT molecular complexity index is 227. The van der Waals surface area contributed by atoms with Gasteiger partial charge in [-0.15, -0.1) is 0 Å². The molecule has 0 spiro atoms. The van der Waals surface area contributed by atoms with Gasteiger partial charge in [0, 0.05) is 12.5 Å². The van der Waals surface area contributed by atoms with Crippen molar-refractivity contribution in [2.24, 2.45) is 0 Å². The van der Waals surface area contributed by atoms with Crippen LogP contribution >= 0.6 is 0 Å². The minimum atomic E-state index is -0.833. The maximum absolute atomic E-state index is 10.9. The van der Waals surface area contributed by atoms with E-state index in [2.05, 4.69) is 24.8 Å². The van der Waals surface area contributed by atoms with Gasteiger partial charge in [0.25, 0.3) is 5.97 Å². The summed E-state index contributed by atoms with van der Waals surface area (Å²) < 4.78 is 4.53. The maximum atomic E-state index is 10.9. The molecule has 0 fully saturated rings. The Morgan fingerprint density at radius 3 is 2.27 bits per heavy atom. The highest BCUT2D eigenvalue weighted by atomic mass is 16.5. The highest BCUT2D eigenvalue weighted by Crippen LogP contribution is 2.06. The first-order valence-electron chi connectivity index (χ1n) is 4.64. The monoisotopic (exact) mass is 214 g/mol. The van der Waals surface area contributed by atoms with Crippen LogP contribution < -0.4 is 0 Å². The van der Waals surface area contributed by atoms with E-state index in [-0.39, 0.29) is 5.97 Å². The lowest BCUT2D eigenvalue weighted by Crippen LogP contribution is -2.02. The predicted octanol–water partition coefficient (Wildman–Crippen LogP) is 2.51. The Balaban J connectivity index is 0. The molecule has 0 unspecified atom stereocenters. The third-order valence-electron chi connectivity index (χ3n) is 1.31. The molecular formula is C11H18O4. The van der Waals surface area contributed by atoms with Crippen LogP contribution in [0.5, 0.6) is 0 Å². The van der Waals surface area contributed by atoms with Crippen LogP contribution in [0.3, 0.4) is 0 Å². The summed E-state index contributed by atoms with van der Waals surface area (Å²) in [5.41, 5.74) is 0.520. The molecule has 86 valence electrons. The lowest BCUT2D eigenvalue weighted by molar-refractivity contribution is -0.135. The number of carbonyl (C=O) groups excluding carboxylic acids is 1. The SMILES string of the molecule is C=COC(=O)C(=C)CCCC.CC(=O)O. The number of carbonyl (C=O) groups is 2. The third-order valence-corrected chi connectivity index (χ3v) is 1.31. The van der Waals surface area contributed by atoms with Gasteiger partial charge in [0.2, 0.25) is 0 Å². The van der Waals surface area contributed by atoms with Crippen LogP contribution in [0.15, 0.2) is 25.0 Å². The molecule has 0 saturated carbocycles. The average Bonchev–Trinajstić information content (AvgIpc) is 2.13. The lowest BCUT2D eigenvalue weighted by atomic mass is 10.1. The Hall–Kier alpha value is -1.58. The molecule has 0 atom stereocenters. The second-order valence-corrected chi connectivity index (χ2v) is 2.80. The number of carboxylic acid groups (broad SMARTS) is 1. The van der Waals surface area contributed by atoms with Crippen molar-refractivity contribution < 1.29 is 19.4 Å². The molecule has 15 heavy (non-hydrogen) atoms. The number of esters is 1.